The average molecular weight is 202 g/mol. The third kappa shape index (κ3) is 1.89. The second-order valence-electron chi connectivity index (χ2n) is 2.28. The minimum Gasteiger partial charge on any atom is -0.496 e. The summed E-state index contributed by atoms with van der Waals surface area (Å²) in [4.78, 5) is 14.4. The van der Waals surface area contributed by atoms with Gasteiger partial charge in [0.2, 0.25) is 0 Å². The first kappa shape index (κ1) is 9.80. The molecular weight excluding hydrogens is 194 g/mol. The van der Waals surface area contributed by atoms with Crippen LogP contribution in [0.3, 0.4) is 0 Å². The molecule has 1 heterocycles. The summed E-state index contributed by atoms with van der Waals surface area (Å²) in [5, 5.41) is 8.74. The fourth-order valence-electron chi connectivity index (χ4n) is 0.979. The first-order valence-corrected chi connectivity index (χ1v) is 4.05. The highest BCUT2D eigenvalue weighted by molar-refractivity contribution is 6.17. The van der Waals surface area contributed by atoms with E-state index in [1.807, 2.05) is 0 Å². The van der Waals surface area contributed by atoms with Crippen molar-refractivity contribution in [3.8, 4) is 5.75 Å². The van der Waals surface area contributed by atoms with Crippen molar-refractivity contribution < 1.29 is 14.6 Å². The van der Waals surface area contributed by atoms with Crippen LogP contribution in [-0.2, 0) is 5.88 Å². The van der Waals surface area contributed by atoms with E-state index in [4.69, 9.17) is 21.4 Å². The van der Waals surface area contributed by atoms with Crippen molar-refractivity contribution in [1.82, 2.24) is 4.98 Å². The molecule has 1 aromatic heterocycles. The molecule has 70 valence electrons. The Kier molecular flexibility index (Phi) is 3.08. The number of hydrogen-bond acceptors (Lipinski definition) is 3. The van der Waals surface area contributed by atoms with Gasteiger partial charge in [-0.2, -0.15) is 0 Å². The van der Waals surface area contributed by atoms with Gasteiger partial charge in [-0.05, 0) is 6.07 Å². The number of methoxy groups -OCH3 is 1. The fourth-order valence-corrected chi connectivity index (χ4v) is 1.24. The van der Waals surface area contributed by atoms with Crippen LogP contribution >= 0.6 is 11.6 Å². The van der Waals surface area contributed by atoms with Crippen molar-refractivity contribution in [3.63, 3.8) is 0 Å². The zero-order valence-electron chi connectivity index (χ0n) is 6.95. The Labute approximate surface area is 80.1 Å². The van der Waals surface area contributed by atoms with Gasteiger partial charge in [0.15, 0.2) is 5.69 Å². The topological polar surface area (TPSA) is 59.4 Å². The van der Waals surface area contributed by atoms with Crippen LogP contribution in [0.15, 0.2) is 12.3 Å². The predicted molar refractivity (Wildman–Crippen MR) is 47.3 cm³/mol. The first-order chi connectivity index (χ1) is 6.20. The summed E-state index contributed by atoms with van der Waals surface area (Å²) < 4.78 is 4.94. The van der Waals surface area contributed by atoms with Crippen LogP contribution in [0.5, 0.6) is 5.75 Å². The molecule has 0 fully saturated rings. The fraction of sp³-hybridized carbons (Fsp3) is 0.250. The molecule has 0 aliphatic rings. The molecule has 4 nitrogen and oxygen atoms in total. The van der Waals surface area contributed by atoms with E-state index in [2.05, 4.69) is 4.98 Å². The molecule has 0 bridgehead atoms. The molecule has 1 N–H and O–H groups in total. The van der Waals surface area contributed by atoms with E-state index in [-0.39, 0.29) is 11.6 Å². The van der Waals surface area contributed by atoms with Crippen molar-refractivity contribution in [2.24, 2.45) is 0 Å². The van der Waals surface area contributed by atoms with Gasteiger partial charge in [0.1, 0.15) is 5.75 Å². The van der Waals surface area contributed by atoms with Crippen molar-refractivity contribution in [2.75, 3.05) is 7.11 Å². The molecule has 0 aromatic carbocycles. The lowest BCUT2D eigenvalue weighted by atomic mass is 10.2. The minimum absolute atomic E-state index is 0.0608. The molecule has 1 aromatic rings. The largest absolute Gasteiger partial charge is 0.496 e. The van der Waals surface area contributed by atoms with Crippen LogP contribution in [0.2, 0.25) is 0 Å². The molecule has 0 aliphatic heterocycles. The Morgan fingerprint density at radius 3 is 2.92 bits per heavy atom. The molecule has 0 radical (unpaired) electrons. The number of carboxylic acid groups (broad SMARTS) is 1. The Morgan fingerprint density at radius 2 is 2.46 bits per heavy atom. The number of nitrogens with zero attached hydrogens (tertiary/aromatic N) is 1. The van der Waals surface area contributed by atoms with E-state index in [1.54, 1.807) is 6.07 Å². The van der Waals surface area contributed by atoms with E-state index in [0.29, 0.717) is 11.3 Å². The maximum atomic E-state index is 10.7. The molecule has 5 heteroatoms. The van der Waals surface area contributed by atoms with Crippen molar-refractivity contribution in [1.29, 1.82) is 0 Å². The maximum Gasteiger partial charge on any atom is 0.354 e. The smallest absolute Gasteiger partial charge is 0.354 e. The lowest BCUT2D eigenvalue weighted by Gasteiger charge is -2.06. The number of alkyl halides is 1. The third-order valence-electron chi connectivity index (χ3n) is 1.57. The van der Waals surface area contributed by atoms with Gasteiger partial charge in [0.25, 0.3) is 0 Å². The molecule has 0 spiro atoms. The van der Waals surface area contributed by atoms with Gasteiger partial charge in [-0.15, -0.1) is 11.6 Å². The zero-order valence-corrected chi connectivity index (χ0v) is 7.71. The Bertz CT molecular complexity index is 327. The van der Waals surface area contributed by atoms with Gasteiger partial charge >= 0.3 is 5.97 Å². The predicted octanol–water partition coefficient (Wildman–Crippen LogP) is 1.53. The molecule has 0 saturated carbocycles. The number of hydrogen-bond donors (Lipinski definition) is 1. The molecule has 1 rings (SSSR count). The number of carbonyl (C=O) groups is 1. The Balaban J connectivity index is 3.27. The number of rotatable bonds is 3. The van der Waals surface area contributed by atoms with E-state index < -0.39 is 5.97 Å². The highest BCUT2D eigenvalue weighted by atomic mass is 35.5. The minimum atomic E-state index is -1.10. The van der Waals surface area contributed by atoms with Gasteiger partial charge in [0, 0.05) is 11.8 Å². The van der Waals surface area contributed by atoms with Crippen molar-refractivity contribution >= 4 is 17.6 Å². The standard InChI is InChI=1S/C8H8ClNO3/c1-13-6-2-3-10-7(8(11)12)5(6)4-9/h2-3H,4H2,1H3,(H,11,12). The molecule has 13 heavy (non-hydrogen) atoms. The lowest BCUT2D eigenvalue weighted by Crippen LogP contribution is -2.06. The van der Waals surface area contributed by atoms with Crippen LogP contribution in [0.25, 0.3) is 0 Å². The SMILES string of the molecule is COc1ccnc(C(=O)O)c1CCl. The van der Waals surface area contributed by atoms with Crippen LogP contribution in [0.4, 0.5) is 0 Å². The van der Waals surface area contributed by atoms with Gasteiger partial charge in [-0.25, -0.2) is 9.78 Å². The van der Waals surface area contributed by atoms with Crippen molar-refractivity contribution in [3.05, 3.63) is 23.5 Å². The van der Waals surface area contributed by atoms with Crippen LogP contribution in [0, 0.1) is 0 Å². The van der Waals surface area contributed by atoms with E-state index in [0.717, 1.165) is 0 Å². The molecular formula is C8H8ClNO3. The molecule has 0 amide bonds. The number of aromatic carboxylic acids is 1. The molecule has 0 unspecified atom stereocenters. The van der Waals surface area contributed by atoms with E-state index >= 15 is 0 Å². The zero-order chi connectivity index (χ0) is 9.84. The summed E-state index contributed by atoms with van der Waals surface area (Å²) in [7, 11) is 1.46. The average Bonchev–Trinajstić information content (AvgIpc) is 2.16. The first-order valence-electron chi connectivity index (χ1n) is 3.51. The van der Waals surface area contributed by atoms with Gasteiger partial charge < -0.3 is 9.84 Å². The Morgan fingerprint density at radius 1 is 1.77 bits per heavy atom. The monoisotopic (exact) mass is 201 g/mol. The highest BCUT2D eigenvalue weighted by Crippen LogP contribution is 2.21. The number of ether oxygens (including phenoxy) is 1. The van der Waals surface area contributed by atoms with E-state index in [1.165, 1.54) is 13.3 Å². The van der Waals surface area contributed by atoms with Gasteiger partial charge in [-0.3, -0.25) is 0 Å². The van der Waals surface area contributed by atoms with Crippen molar-refractivity contribution in [2.45, 2.75) is 5.88 Å². The Hall–Kier alpha value is -1.29. The summed E-state index contributed by atoms with van der Waals surface area (Å²) >= 11 is 5.58. The number of halogens is 1. The van der Waals surface area contributed by atoms with Crippen LogP contribution < -0.4 is 4.74 Å². The summed E-state index contributed by atoms with van der Waals surface area (Å²) in [5.74, 6) is -0.587. The summed E-state index contributed by atoms with van der Waals surface area (Å²) in [5.41, 5.74) is 0.341. The summed E-state index contributed by atoms with van der Waals surface area (Å²) in [6.45, 7) is 0. The number of aromatic nitrogens is 1. The molecule has 0 atom stereocenters. The van der Waals surface area contributed by atoms with E-state index in [9.17, 15) is 4.79 Å². The lowest BCUT2D eigenvalue weighted by molar-refractivity contribution is 0.0689. The summed E-state index contributed by atoms with van der Waals surface area (Å²) in [6, 6.07) is 1.57. The van der Waals surface area contributed by atoms with Gasteiger partial charge in [-0.1, -0.05) is 0 Å². The normalized spacial score (nSPS) is 9.69. The van der Waals surface area contributed by atoms with Crippen LogP contribution in [0.1, 0.15) is 16.1 Å². The highest BCUT2D eigenvalue weighted by Gasteiger charge is 2.14. The number of carboxylic acids is 1. The maximum absolute atomic E-state index is 10.7. The van der Waals surface area contributed by atoms with Gasteiger partial charge in [0.05, 0.1) is 13.0 Å². The van der Waals surface area contributed by atoms with Crippen LogP contribution in [-0.4, -0.2) is 23.2 Å². The molecule has 0 aliphatic carbocycles. The second-order valence-corrected chi connectivity index (χ2v) is 2.55. The second kappa shape index (κ2) is 4.09. The third-order valence-corrected chi connectivity index (χ3v) is 1.84. The number of pyridine rings is 1. The quantitative estimate of drug-likeness (QED) is 0.754. The summed E-state index contributed by atoms with van der Waals surface area (Å²) in [6.07, 6.45) is 1.37. The molecule has 0 saturated heterocycles.